The standard InChI is InChI=1S/C16H24N4O/c17-14-6-5-11-9-19(10-13(11)14)16(21)15-7-8-20(18-15)12-3-1-2-4-12/h7-8,11-14H,1-6,9-10,17H2. The molecule has 2 aliphatic carbocycles. The van der Waals surface area contributed by atoms with Crippen molar-refractivity contribution in [1.29, 1.82) is 0 Å². The fourth-order valence-electron chi connectivity index (χ4n) is 4.46. The summed E-state index contributed by atoms with van der Waals surface area (Å²) in [6, 6.07) is 2.66. The van der Waals surface area contributed by atoms with Crippen LogP contribution in [0.4, 0.5) is 0 Å². The number of hydrogen-bond donors (Lipinski definition) is 1. The molecule has 0 bridgehead atoms. The van der Waals surface area contributed by atoms with E-state index in [2.05, 4.69) is 5.10 Å². The lowest BCUT2D eigenvalue weighted by molar-refractivity contribution is 0.0772. The molecule has 1 aromatic heterocycles. The average molecular weight is 288 g/mol. The van der Waals surface area contributed by atoms with Gasteiger partial charge in [0.05, 0.1) is 6.04 Å². The predicted octanol–water partition coefficient (Wildman–Crippen LogP) is 1.81. The van der Waals surface area contributed by atoms with Crippen molar-refractivity contribution in [3.8, 4) is 0 Å². The predicted molar refractivity (Wildman–Crippen MR) is 79.8 cm³/mol. The van der Waals surface area contributed by atoms with Crippen molar-refractivity contribution in [2.45, 2.75) is 50.6 Å². The smallest absolute Gasteiger partial charge is 0.274 e. The van der Waals surface area contributed by atoms with E-state index in [1.165, 1.54) is 32.1 Å². The van der Waals surface area contributed by atoms with Gasteiger partial charge in [0.25, 0.3) is 5.91 Å². The number of amides is 1. The second-order valence-corrected chi connectivity index (χ2v) is 6.99. The van der Waals surface area contributed by atoms with Crippen LogP contribution in [0.3, 0.4) is 0 Å². The lowest BCUT2D eigenvalue weighted by atomic mass is 9.98. The summed E-state index contributed by atoms with van der Waals surface area (Å²) in [5.41, 5.74) is 6.76. The fourth-order valence-corrected chi connectivity index (χ4v) is 4.46. The highest BCUT2D eigenvalue weighted by Crippen LogP contribution is 2.37. The maximum Gasteiger partial charge on any atom is 0.274 e. The number of fused-ring (bicyclic) bond motifs is 1. The van der Waals surface area contributed by atoms with Crippen molar-refractivity contribution >= 4 is 5.91 Å². The van der Waals surface area contributed by atoms with Gasteiger partial charge in [-0.2, -0.15) is 5.10 Å². The van der Waals surface area contributed by atoms with Gasteiger partial charge in [-0.15, -0.1) is 0 Å². The molecule has 0 radical (unpaired) electrons. The van der Waals surface area contributed by atoms with Gasteiger partial charge in [0.2, 0.25) is 0 Å². The zero-order valence-electron chi connectivity index (χ0n) is 12.4. The number of aromatic nitrogens is 2. The van der Waals surface area contributed by atoms with Crippen molar-refractivity contribution in [3.63, 3.8) is 0 Å². The molecular weight excluding hydrogens is 264 g/mol. The maximum atomic E-state index is 12.6. The molecule has 1 saturated heterocycles. The van der Waals surface area contributed by atoms with Gasteiger partial charge in [0, 0.05) is 25.3 Å². The molecule has 114 valence electrons. The number of hydrogen-bond acceptors (Lipinski definition) is 3. The van der Waals surface area contributed by atoms with Crippen LogP contribution in [0, 0.1) is 11.8 Å². The molecule has 5 heteroatoms. The van der Waals surface area contributed by atoms with E-state index < -0.39 is 0 Å². The van der Waals surface area contributed by atoms with Gasteiger partial charge < -0.3 is 10.6 Å². The molecule has 2 saturated carbocycles. The summed E-state index contributed by atoms with van der Waals surface area (Å²) in [4.78, 5) is 14.6. The van der Waals surface area contributed by atoms with Crippen LogP contribution < -0.4 is 5.73 Å². The largest absolute Gasteiger partial charge is 0.337 e. The number of nitrogens with zero attached hydrogens (tertiary/aromatic N) is 3. The molecule has 2 N–H and O–H groups in total. The zero-order valence-corrected chi connectivity index (χ0v) is 12.4. The van der Waals surface area contributed by atoms with Gasteiger partial charge in [-0.05, 0) is 43.6 Å². The first-order valence-corrected chi connectivity index (χ1v) is 8.32. The first kappa shape index (κ1) is 13.3. The Morgan fingerprint density at radius 3 is 2.76 bits per heavy atom. The van der Waals surface area contributed by atoms with Crippen molar-refractivity contribution in [3.05, 3.63) is 18.0 Å². The summed E-state index contributed by atoms with van der Waals surface area (Å²) in [5, 5.41) is 4.54. The second-order valence-electron chi connectivity index (χ2n) is 6.99. The van der Waals surface area contributed by atoms with Crippen LogP contribution in [-0.4, -0.2) is 39.7 Å². The number of nitrogens with two attached hydrogens (primary N) is 1. The summed E-state index contributed by atoms with van der Waals surface area (Å²) in [7, 11) is 0. The highest BCUT2D eigenvalue weighted by atomic mass is 16.2. The highest BCUT2D eigenvalue weighted by molar-refractivity contribution is 5.92. The quantitative estimate of drug-likeness (QED) is 0.902. The van der Waals surface area contributed by atoms with Crippen LogP contribution >= 0.6 is 0 Å². The first-order chi connectivity index (χ1) is 10.2. The van der Waals surface area contributed by atoms with E-state index in [0.29, 0.717) is 23.6 Å². The summed E-state index contributed by atoms with van der Waals surface area (Å²) in [6.07, 6.45) is 9.21. The van der Waals surface area contributed by atoms with Gasteiger partial charge >= 0.3 is 0 Å². The van der Waals surface area contributed by atoms with E-state index in [1.54, 1.807) is 0 Å². The Hall–Kier alpha value is -1.36. The number of carbonyl (C=O) groups excluding carboxylic acids is 1. The molecule has 3 unspecified atom stereocenters. The van der Waals surface area contributed by atoms with Gasteiger partial charge in [-0.3, -0.25) is 9.48 Å². The molecule has 3 atom stereocenters. The molecule has 0 spiro atoms. The minimum Gasteiger partial charge on any atom is -0.337 e. The molecule has 3 aliphatic rings. The normalized spacial score (nSPS) is 32.8. The molecule has 4 rings (SSSR count). The Bertz CT molecular complexity index is 534. The van der Waals surface area contributed by atoms with Crippen molar-refractivity contribution in [2.75, 3.05) is 13.1 Å². The molecular formula is C16H24N4O. The van der Waals surface area contributed by atoms with Gasteiger partial charge in [0.15, 0.2) is 0 Å². The van der Waals surface area contributed by atoms with E-state index in [-0.39, 0.29) is 11.9 Å². The van der Waals surface area contributed by atoms with Gasteiger partial charge in [-0.25, -0.2) is 0 Å². The SMILES string of the molecule is NC1CCC2CN(C(=O)c3ccn(C4CCCC4)n3)CC12. The first-order valence-electron chi connectivity index (χ1n) is 8.32. The second kappa shape index (κ2) is 5.13. The lowest BCUT2D eigenvalue weighted by Crippen LogP contribution is -2.33. The molecule has 3 fully saturated rings. The van der Waals surface area contributed by atoms with E-state index >= 15 is 0 Å². The zero-order chi connectivity index (χ0) is 14.4. The van der Waals surface area contributed by atoms with Crippen LogP contribution in [-0.2, 0) is 0 Å². The van der Waals surface area contributed by atoms with Gasteiger partial charge in [0.1, 0.15) is 5.69 Å². The van der Waals surface area contributed by atoms with Crippen molar-refractivity contribution in [2.24, 2.45) is 17.6 Å². The molecule has 0 aromatic carbocycles. The highest BCUT2D eigenvalue weighted by Gasteiger charge is 2.42. The van der Waals surface area contributed by atoms with E-state index in [1.807, 2.05) is 21.8 Å². The van der Waals surface area contributed by atoms with Crippen LogP contribution in [0.25, 0.3) is 0 Å². The number of likely N-dealkylation sites (tertiary alicyclic amines) is 1. The summed E-state index contributed by atoms with van der Waals surface area (Å²) < 4.78 is 2.00. The Morgan fingerprint density at radius 2 is 2.00 bits per heavy atom. The topological polar surface area (TPSA) is 64.2 Å². The third kappa shape index (κ3) is 2.27. The minimum absolute atomic E-state index is 0.0911. The Labute approximate surface area is 125 Å². The Balaban J connectivity index is 1.46. The van der Waals surface area contributed by atoms with Crippen molar-refractivity contribution < 1.29 is 4.79 Å². The van der Waals surface area contributed by atoms with E-state index in [9.17, 15) is 4.79 Å². The third-order valence-corrected chi connectivity index (χ3v) is 5.73. The van der Waals surface area contributed by atoms with Crippen LogP contribution in [0.15, 0.2) is 12.3 Å². The van der Waals surface area contributed by atoms with Gasteiger partial charge in [-0.1, -0.05) is 12.8 Å². The monoisotopic (exact) mass is 288 g/mol. The fraction of sp³-hybridized carbons (Fsp3) is 0.750. The lowest BCUT2D eigenvalue weighted by Gasteiger charge is -2.17. The summed E-state index contributed by atoms with van der Waals surface area (Å²) in [6.45, 7) is 1.69. The Kier molecular flexibility index (Phi) is 3.25. The number of carbonyl (C=O) groups is 1. The number of rotatable bonds is 2. The maximum absolute atomic E-state index is 12.6. The average Bonchev–Trinajstić information content (AvgIpc) is 3.25. The molecule has 1 amide bonds. The van der Waals surface area contributed by atoms with E-state index in [4.69, 9.17) is 5.73 Å². The van der Waals surface area contributed by atoms with Crippen LogP contribution in [0.2, 0.25) is 0 Å². The molecule has 21 heavy (non-hydrogen) atoms. The van der Waals surface area contributed by atoms with Crippen molar-refractivity contribution in [1.82, 2.24) is 14.7 Å². The summed E-state index contributed by atoms with van der Waals surface area (Å²) in [5.74, 6) is 1.21. The third-order valence-electron chi connectivity index (χ3n) is 5.73. The molecule has 1 aliphatic heterocycles. The summed E-state index contributed by atoms with van der Waals surface area (Å²) >= 11 is 0. The molecule has 1 aromatic rings. The van der Waals surface area contributed by atoms with E-state index in [0.717, 1.165) is 19.5 Å². The Morgan fingerprint density at radius 1 is 1.19 bits per heavy atom. The minimum atomic E-state index is 0.0911. The molecule has 2 heterocycles. The van der Waals surface area contributed by atoms with Crippen LogP contribution in [0.5, 0.6) is 0 Å². The van der Waals surface area contributed by atoms with Crippen LogP contribution in [0.1, 0.15) is 55.1 Å². The molecule has 5 nitrogen and oxygen atoms in total.